The fourth-order valence-electron chi connectivity index (χ4n) is 2.55. The molecule has 3 nitrogen and oxygen atoms in total. The van der Waals surface area contributed by atoms with Gasteiger partial charge in [0.15, 0.2) is 0 Å². The quantitative estimate of drug-likeness (QED) is 0.780. The van der Waals surface area contributed by atoms with Gasteiger partial charge in [0.1, 0.15) is 0 Å². The van der Waals surface area contributed by atoms with Crippen molar-refractivity contribution < 1.29 is 9.53 Å². The molecule has 2 rings (SSSR count). The molecule has 1 aromatic carbocycles. The van der Waals surface area contributed by atoms with Crippen LogP contribution in [0.1, 0.15) is 31.7 Å². The Kier molecular flexibility index (Phi) is 5.86. The van der Waals surface area contributed by atoms with Crippen LogP contribution in [-0.4, -0.2) is 24.5 Å². The molecule has 1 aliphatic carbocycles. The third kappa shape index (κ3) is 4.50. The van der Waals surface area contributed by atoms with E-state index in [1.807, 2.05) is 31.2 Å². The molecule has 1 fully saturated rings. The first-order chi connectivity index (χ1) is 9.71. The standard InChI is InChI=1S/C16H22ClNO2/c1-2-20-15-9-13(10-15)11-16(19)18-14-5-3-12(4-6-14)7-8-17/h3-6,13,15H,2,7-11H2,1H3,(H,18,19). The van der Waals surface area contributed by atoms with Gasteiger partial charge in [0.05, 0.1) is 6.10 Å². The van der Waals surface area contributed by atoms with Crippen LogP contribution in [0.15, 0.2) is 24.3 Å². The predicted molar refractivity (Wildman–Crippen MR) is 82.3 cm³/mol. The first-order valence-electron chi connectivity index (χ1n) is 7.27. The topological polar surface area (TPSA) is 38.3 Å². The highest BCUT2D eigenvalue weighted by Gasteiger charge is 2.30. The second kappa shape index (κ2) is 7.65. The summed E-state index contributed by atoms with van der Waals surface area (Å²) in [5.74, 6) is 1.19. The summed E-state index contributed by atoms with van der Waals surface area (Å²) >= 11 is 5.69. The molecular formula is C16H22ClNO2. The number of aryl methyl sites for hydroxylation is 1. The number of alkyl halides is 1. The van der Waals surface area contributed by atoms with Gasteiger partial charge in [-0.15, -0.1) is 11.6 Å². The summed E-state index contributed by atoms with van der Waals surface area (Å²) in [4.78, 5) is 11.9. The number of nitrogens with one attached hydrogen (secondary N) is 1. The Labute approximate surface area is 125 Å². The minimum absolute atomic E-state index is 0.0926. The zero-order valence-electron chi connectivity index (χ0n) is 11.9. The number of anilines is 1. The number of hydrogen-bond donors (Lipinski definition) is 1. The van der Waals surface area contributed by atoms with Gasteiger partial charge in [0.25, 0.3) is 0 Å². The van der Waals surface area contributed by atoms with Crippen molar-refractivity contribution in [2.45, 2.75) is 38.7 Å². The van der Waals surface area contributed by atoms with Crippen LogP contribution in [0.3, 0.4) is 0 Å². The van der Waals surface area contributed by atoms with Gasteiger partial charge in [-0.3, -0.25) is 4.79 Å². The van der Waals surface area contributed by atoms with Crippen molar-refractivity contribution in [3.8, 4) is 0 Å². The monoisotopic (exact) mass is 295 g/mol. The lowest BCUT2D eigenvalue weighted by Gasteiger charge is -2.34. The molecule has 0 spiro atoms. The van der Waals surface area contributed by atoms with E-state index in [9.17, 15) is 4.79 Å². The van der Waals surface area contributed by atoms with Crippen molar-refractivity contribution in [1.29, 1.82) is 0 Å². The molecule has 20 heavy (non-hydrogen) atoms. The maximum Gasteiger partial charge on any atom is 0.224 e. The van der Waals surface area contributed by atoms with E-state index in [0.717, 1.165) is 31.6 Å². The van der Waals surface area contributed by atoms with Crippen LogP contribution in [0.25, 0.3) is 0 Å². The normalized spacial score (nSPS) is 21.3. The Bertz CT molecular complexity index is 427. The molecular weight excluding hydrogens is 274 g/mol. The molecule has 0 aromatic heterocycles. The number of amides is 1. The number of rotatable bonds is 7. The molecule has 0 aliphatic heterocycles. The van der Waals surface area contributed by atoms with E-state index in [-0.39, 0.29) is 5.91 Å². The van der Waals surface area contributed by atoms with Crippen molar-refractivity contribution in [2.75, 3.05) is 17.8 Å². The lowest BCUT2D eigenvalue weighted by atomic mass is 9.80. The second-order valence-electron chi connectivity index (χ2n) is 5.30. The molecule has 0 atom stereocenters. The van der Waals surface area contributed by atoms with Gasteiger partial charge in [-0.25, -0.2) is 0 Å². The van der Waals surface area contributed by atoms with E-state index in [2.05, 4.69) is 5.32 Å². The third-order valence-corrected chi connectivity index (χ3v) is 3.88. The largest absolute Gasteiger partial charge is 0.378 e. The van der Waals surface area contributed by atoms with Crippen molar-refractivity contribution >= 4 is 23.2 Å². The van der Waals surface area contributed by atoms with E-state index >= 15 is 0 Å². The molecule has 1 saturated carbocycles. The van der Waals surface area contributed by atoms with Gasteiger partial charge in [-0.2, -0.15) is 0 Å². The average Bonchev–Trinajstić information content (AvgIpc) is 2.39. The van der Waals surface area contributed by atoms with Gasteiger partial charge in [0, 0.05) is 24.6 Å². The fourth-order valence-corrected chi connectivity index (χ4v) is 2.77. The zero-order valence-corrected chi connectivity index (χ0v) is 12.7. The van der Waals surface area contributed by atoms with E-state index in [4.69, 9.17) is 16.3 Å². The lowest BCUT2D eigenvalue weighted by Crippen LogP contribution is -2.33. The van der Waals surface area contributed by atoms with Gasteiger partial charge < -0.3 is 10.1 Å². The Balaban J connectivity index is 1.72. The highest BCUT2D eigenvalue weighted by Crippen LogP contribution is 2.32. The highest BCUT2D eigenvalue weighted by atomic mass is 35.5. The van der Waals surface area contributed by atoms with Gasteiger partial charge >= 0.3 is 0 Å². The van der Waals surface area contributed by atoms with E-state index in [1.165, 1.54) is 5.56 Å². The maximum absolute atomic E-state index is 11.9. The summed E-state index contributed by atoms with van der Waals surface area (Å²) in [7, 11) is 0. The second-order valence-corrected chi connectivity index (χ2v) is 5.68. The Hall–Kier alpha value is -1.06. The summed E-state index contributed by atoms with van der Waals surface area (Å²) in [6.07, 6.45) is 3.84. The Morgan fingerprint density at radius 1 is 1.35 bits per heavy atom. The van der Waals surface area contributed by atoms with E-state index < -0.39 is 0 Å². The van der Waals surface area contributed by atoms with E-state index in [0.29, 0.717) is 24.3 Å². The van der Waals surface area contributed by atoms with Crippen LogP contribution >= 0.6 is 11.6 Å². The van der Waals surface area contributed by atoms with Crippen molar-refractivity contribution in [3.63, 3.8) is 0 Å². The molecule has 0 bridgehead atoms. The predicted octanol–water partition coefficient (Wildman–Crippen LogP) is 3.61. The number of halogens is 1. The molecule has 0 radical (unpaired) electrons. The summed E-state index contributed by atoms with van der Waals surface area (Å²) < 4.78 is 5.50. The molecule has 0 unspecified atom stereocenters. The van der Waals surface area contributed by atoms with Crippen LogP contribution in [-0.2, 0) is 16.0 Å². The van der Waals surface area contributed by atoms with Crippen molar-refractivity contribution in [3.05, 3.63) is 29.8 Å². The molecule has 1 N–H and O–H groups in total. The van der Waals surface area contributed by atoms with Crippen LogP contribution in [0, 0.1) is 5.92 Å². The number of carbonyl (C=O) groups is 1. The first kappa shape index (κ1) is 15.3. The summed E-state index contributed by atoms with van der Waals surface area (Å²) in [5, 5.41) is 2.94. The van der Waals surface area contributed by atoms with Crippen LogP contribution in [0.5, 0.6) is 0 Å². The Morgan fingerprint density at radius 3 is 2.65 bits per heavy atom. The zero-order chi connectivity index (χ0) is 14.4. The molecule has 1 aliphatic rings. The van der Waals surface area contributed by atoms with Crippen LogP contribution < -0.4 is 5.32 Å². The lowest BCUT2D eigenvalue weighted by molar-refractivity contribution is -0.119. The van der Waals surface area contributed by atoms with E-state index in [1.54, 1.807) is 0 Å². The average molecular weight is 296 g/mol. The molecule has 0 heterocycles. The minimum atomic E-state index is 0.0926. The SMILES string of the molecule is CCOC1CC(CC(=O)Nc2ccc(CCCl)cc2)C1. The van der Waals surface area contributed by atoms with Crippen molar-refractivity contribution in [1.82, 2.24) is 0 Å². The maximum atomic E-state index is 11.9. The molecule has 0 saturated heterocycles. The molecule has 110 valence electrons. The molecule has 1 amide bonds. The number of carbonyl (C=O) groups excluding carboxylic acids is 1. The molecule has 4 heteroatoms. The number of benzene rings is 1. The van der Waals surface area contributed by atoms with Gasteiger partial charge in [0.2, 0.25) is 5.91 Å². The summed E-state index contributed by atoms with van der Waals surface area (Å²) in [6.45, 7) is 2.77. The number of hydrogen-bond acceptors (Lipinski definition) is 2. The smallest absolute Gasteiger partial charge is 0.224 e. The Morgan fingerprint density at radius 2 is 2.05 bits per heavy atom. The van der Waals surface area contributed by atoms with Crippen LogP contribution in [0.2, 0.25) is 0 Å². The number of ether oxygens (including phenoxy) is 1. The third-order valence-electron chi connectivity index (χ3n) is 3.69. The summed E-state index contributed by atoms with van der Waals surface area (Å²) in [6, 6.07) is 7.88. The first-order valence-corrected chi connectivity index (χ1v) is 7.81. The van der Waals surface area contributed by atoms with Crippen LogP contribution in [0.4, 0.5) is 5.69 Å². The minimum Gasteiger partial charge on any atom is -0.378 e. The van der Waals surface area contributed by atoms with Crippen molar-refractivity contribution in [2.24, 2.45) is 5.92 Å². The molecule has 1 aromatic rings. The summed E-state index contributed by atoms with van der Waals surface area (Å²) in [5.41, 5.74) is 2.05. The van der Waals surface area contributed by atoms with Gasteiger partial charge in [-0.05, 0) is 49.8 Å². The fraction of sp³-hybridized carbons (Fsp3) is 0.562. The highest BCUT2D eigenvalue weighted by molar-refractivity contribution is 6.17. The van der Waals surface area contributed by atoms with Gasteiger partial charge in [-0.1, -0.05) is 12.1 Å².